The van der Waals surface area contributed by atoms with E-state index in [1.165, 1.54) is 0 Å². The molecule has 0 saturated heterocycles. The number of amides is 3. The Kier molecular flexibility index (Phi) is 6.09. The zero-order valence-corrected chi connectivity index (χ0v) is 20.9. The highest BCUT2D eigenvalue weighted by Crippen LogP contribution is 2.31. The van der Waals surface area contributed by atoms with Gasteiger partial charge in [-0.3, -0.25) is 24.3 Å². The Morgan fingerprint density at radius 3 is 2.42 bits per heavy atom. The smallest absolute Gasteiger partial charge is 0.260 e. The summed E-state index contributed by atoms with van der Waals surface area (Å²) in [6.45, 7) is 0.559. The highest BCUT2D eigenvalue weighted by molar-refractivity contribution is 6.31. The third-order valence-electron chi connectivity index (χ3n) is 6.79. The lowest BCUT2D eigenvalue weighted by atomic mass is 10.0. The first-order chi connectivity index (χ1) is 18.5. The topological polar surface area (TPSA) is 95.5 Å². The molecule has 1 N–H and O–H groups in total. The Bertz CT molecular complexity index is 1560. The van der Waals surface area contributed by atoms with E-state index in [0.717, 1.165) is 11.1 Å². The van der Waals surface area contributed by atoms with Gasteiger partial charge in [-0.25, -0.2) is 4.98 Å². The molecule has 188 valence electrons. The number of carbonyl (C=O) groups is 3. The number of fused-ring (bicyclic) bond motifs is 2. The maximum atomic E-state index is 13.8. The van der Waals surface area contributed by atoms with Crippen molar-refractivity contribution in [1.82, 2.24) is 14.9 Å². The van der Waals surface area contributed by atoms with E-state index >= 15 is 0 Å². The van der Waals surface area contributed by atoms with Gasteiger partial charge in [-0.1, -0.05) is 35.9 Å². The molecule has 4 aromatic rings. The normalized spacial score (nSPS) is 16.7. The molecule has 0 fully saturated rings. The molecule has 2 aromatic carbocycles. The third kappa shape index (κ3) is 4.39. The standard InChI is InChI=1S/C29H22ClN5O3/c30-20-8-10-23-24(14-20)33-27(36)25(15-21-5-1-3-11-31-21)34(29(23)38)16-18-7-9-22-19(13-18)17-35(28(22)37)26-6-2-4-12-32-26/h1-14,25H,15-17H2,(H,33,36)/t25-/m1/s1. The second kappa shape index (κ2) is 9.72. The van der Waals surface area contributed by atoms with Crippen molar-refractivity contribution in [2.24, 2.45) is 0 Å². The van der Waals surface area contributed by atoms with Crippen molar-refractivity contribution in [3.05, 3.63) is 118 Å². The lowest BCUT2D eigenvalue weighted by Crippen LogP contribution is -2.46. The fraction of sp³-hybridized carbons (Fsp3) is 0.138. The van der Waals surface area contributed by atoms with E-state index in [2.05, 4.69) is 15.3 Å². The van der Waals surface area contributed by atoms with Gasteiger partial charge in [0.2, 0.25) is 5.91 Å². The van der Waals surface area contributed by atoms with E-state index < -0.39 is 6.04 Å². The maximum Gasteiger partial charge on any atom is 0.260 e. The minimum atomic E-state index is -0.802. The van der Waals surface area contributed by atoms with E-state index in [1.54, 1.807) is 64.7 Å². The molecular weight excluding hydrogens is 502 g/mol. The number of benzene rings is 2. The van der Waals surface area contributed by atoms with Crippen LogP contribution in [-0.2, 0) is 24.3 Å². The minimum Gasteiger partial charge on any atom is -0.323 e. The number of hydrogen-bond acceptors (Lipinski definition) is 5. The summed E-state index contributed by atoms with van der Waals surface area (Å²) in [4.78, 5) is 52.1. The van der Waals surface area contributed by atoms with Crippen LogP contribution in [-0.4, -0.2) is 38.6 Å². The summed E-state index contributed by atoms with van der Waals surface area (Å²) in [7, 11) is 0. The van der Waals surface area contributed by atoms with E-state index in [0.29, 0.717) is 39.9 Å². The molecule has 0 spiro atoms. The molecule has 9 heteroatoms. The second-order valence-electron chi connectivity index (χ2n) is 9.22. The number of rotatable bonds is 5. The number of pyridine rings is 2. The Balaban J connectivity index is 1.34. The Hall–Kier alpha value is -4.56. The fourth-order valence-corrected chi connectivity index (χ4v) is 5.10. The number of anilines is 2. The number of aromatic nitrogens is 2. The molecule has 8 nitrogen and oxygen atoms in total. The average molecular weight is 524 g/mol. The summed E-state index contributed by atoms with van der Waals surface area (Å²) in [5.41, 5.74) is 3.70. The van der Waals surface area contributed by atoms with Crippen molar-refractivity contribution in [2.45, 2.75) is 25.6 Å². The molecule has 0 aliphatic carbocycles. The monoisotopic (exact) mass is 523 g/mol. The molecule has 0 unspecified atom stereocenters. The SMILES string of the molecule is O=C1Nc2cc(Cl)ccc2C(=O)N(Cc2ccc3c(c2)CN(c2ccccn2)C3=O)[C@@H]1Cc1ccccn1. The van der Waals surface area contributed by atoms with Crippen LogP contribution >= 0.6 is 11.6 Å². The molecule has 0 bridgehead atoms. The quantitative estimate of drug-likeness (QED) is 0.415. The van der Waals surface area contributed by atoms with Gasteiger partial charge in [0.15, 0.2) is 0 Å². The van der Waals surface area contributed by atoms with Crippen LogP contribution in [0.25, 0.3) is 0 Å². The zero-order chi connectivity index (χ0) is 26.2. The van der Waals surface area contributed by atoms with Gasteiger partial charge in [0.25, 0.3) is 11.8 Å². The number of nitrogens with zero attached hydrogens (tertiary/aromatic N) is 4. The van der Waals surface area contributed by atoms with Crippen molar-refractivity contribution in [3.8, 4) is 0 Å². The van der Waals surface area contributed by atoms with Gasteiger partial charge in [-0.05, 0) is 59.7 Å². The third-order valence-corrected chi connectivity index (χ3v) is 7.03. The lowest BCUT2D eigenvalue weighted by Gasteiger charge is -2.29. The molecule has 1 atom stereocenters. The van der Waals surface area contributed by atoms with Crippen LogP contribution in [0.4, 0.5) is 11.5 Å². The molecule has 2 aliphatic rings. The van der Waals surface area contributed by atoms with Crippen LogP contribution in [0, 0.1) is 0 Å². The summed E-state index contributed by atoms with van der Waals surface area (Å²) in [5.74, 6) is -0.139. The van der Waals surface area contributed by atoms with Crippen LogP contribution in [0.5, 0.6) is 0 Å². The predicted octanol–water partition coefficient (Wildman–Crippen LogP) is 4.50. The van der Waals surface area contributed by atoms with Crippen LogP contribution in [0.3, 0.4) is 0 Å². The first kappa shape index (κ1) is 23.8. The summed E-state index contributed by atoms with van der Waals surface area (Å²) >= 11 is 6.16. The molecule has 2 aliphatic heterocycles. The fourth-order valence-electron chi connectivity index (χ4n) is 4.93. The van der Waals surface area contributed by atoms with Crippen LogP contribution in [0.15, 0.2) is 85.2 Å². The molecular formula is C29H22ClN5O3. The summed E-state index contributed by atoms with van der Waals surface area (Å²) < 4.78 is 0. The Morgan fingerprint density at radius 2 is 1.66 bits per heavy atom. The van der Waals surface area contributed by atoms with Crippen molar-refractivity contribution >= 4 is 40.8 Å². The van der Waals surface area contributed by atoms with Gasteiger partial charge in [0, 0.05) is 41.6 Å². The molecule has 4 heterocycles. The molecule has 6 rings (SSSR count). The van der Waals surface area contributed by atoms with Crippen molar-refractivity contribution in [3.63, 3.8) is 0 Å². The van der Waals surface area contributed by atoms with Gasteiger partial charge in [0.1, 0.15) is 11.9 Å². The number of halogens is 1. The van der Waals surface area contributed by atoms with Gasteiger partial charge >= 0.3 is 0 Å². The Morgan fingerprint density at radius 1 is 0.868 bits per heavy atom. The van der Waals surface area contributed by atoms with Crippen molar-refractivity contribution < 1.29 is 14.4 Å². The molecule has 0 radical (unpaired) electrons. The predicted molar refractivity (Wildman–Crippen MR) is 143 cm³/mol. The van der Waals surface area contributed by atoms with Gasteiger partial charge in [-0.2, -0.15) is 0 Å². The minimum absolute atomic E-state index is 0.116. The Labute approximate surface area is 223 Å². The second-order valence-corrected chi connectivity index (χ2v) is 9.66. The van der Waals surface area contributed by atoms with Gasteiger partial charge < -0.3 is 10.2 Å². The van der Waals surface area contributed by atoms with Crippen LogP contribution in [0.1, 0.15) is 37.5 Å². The van der Waals surface area contributed by atoms with Gasteiger partial charge in [-0.15, -0.1) is 0 Å². The highest BCUT2D eigenvalue weighted by atomic mass is 35.5. The average Bonchev–Trinajstić information content (AvgIpc) is 3.22. The first-order valence-electron chi connectivity index (χ1n) is 12.1. The van der Waals surface area contributed by atoms with Crippen molar-refractivity contribution in [2.75, 3.05) is 10.2 Å². The van der Waals surface area contributed by atoms with Crippen molar-refractivity contribution in [1.29, 1.82) is 0 Å². The summed E-state index contributed by atoms with van der Waals surface area (Å²) in [6, 6.07) is 20.5. The van der Waals surface area contributed by atoms with Crippen LogP contribution < -0.4 is 10.2 Å². The molecule has 2 aromatic heterocycles. The van der Waals surface area contributed by atoms with E-state index in [9.17, 15) is 14.4 Å². The molecule has 38 heavy (non-hydrogen) atoms. The summed E-state index contributed by atoms with van der Waals surface area (Å²) in [6.07, 6.45) is 3.56. The largest absolute Gasteiger partial charge is 0.323 e. The number of carbonyl (C=O) groups excluding carboxylic acids is 3. The van der Waals surface area contributed by atoms with E-state index in [-0.39, 0.29) is 30.7 Å². The summed E-state index contributed by atoms with van der Waals surface area (Å²) in [5, 5.41) is 3.30. The highest BCUT2D eigenvalue weighted by Gasteiger charge is 2.36. The first-order valence-corrected chi connectivity index (χ1v) is 12.5. The zero-order valence-electron chi connectivity index (χ0n) is 20.2. The van der Waals surface area contributed by atoms with E-state index in [4.69, 9.17) is 11.6 Å². The maximum absolute atomic E-state index is 13.8. The molecule has 3 amide bonds. The number of hydrogen-bond donors (Lipinski definition) is 1. The van der Waals surface area contributed by atoms with Crippen LogP contribution in [0.2, 0.25) is 5.02 Å². The van der Waals surface area contributed by atoms with E-state index in [1.807, 2.05) is 30.3 Å². The lowest BCUT2D eigenvalue weighted by molar-refractivity contribution is -0.120. The molecule has 0 saturated carbocycles. The van der Waals surface area contributed by atoms with Gasteiger partial charge in [0.05, 0.1) is 17.8 Å². The number of nitrogens with one attached hydrogen (secondary N) is 1.